The first kappa shape index (κ1) is 13.1. The molecule has 17 heavy (non-hydrogen) atoms. The Morgan fingerprint density at radius 2 is 1.53 bits per heavy atom. The predicted octanol–water partition coefficient (Wildman–Crippen LogP) is 4.61. The fourth-order valence-electron chi connectivity index (χ4n) is 1.66. The monoisotopic (exact) mass is 222 g/mol. The van der Waals surface area contributed by atoms with Gasteiger partial charge < -0.3 is 0 Å². The Bertz CT molecular complexity index is 501. The molecule has 0 heteroatoms. The molecule has 0 N–H and O–H groups in total. The van der Waals surface area contributed by atoms with Gasteiger partial charge in [0, 0.05) is 0 Å². The minimum Gasteiger partial charge on any atom is -0.120 e. The Morgan fingerprint density at radius 3 is 2.12 bits per heavy atom. The van der Waals surface area contributed by atoms with Crippen molar-refractivity contribution in [1.82, 2.24) is 0 Å². The molecular weight excluding hydrogens is 204 g/mol. The van der Waals surface area contributed by atoms with Gasteiger partial charge in [0.1, 0.15) is 0 Å². The number of aryl methyl sites for hydroxylation is 2. The fourth-order valence-corrected chi connectivity index (χ4v) is 1.66. The summed E-state index contributed by atoms with van der Waals surface area (Å²) in [6.45, 7) is 5.94. The van der Waals surface area contributed by atoms with Crippen LogP contribution in [0.2, 0.25) is 0 Å². The van der Waals surface area contributed by atoms with Crippen LogP contribution in [-0.4, -0.2) is 0 Å². The molecule has 0 aliphatic rings. The molecule has 0 heterocycles. The summed E-state index contributed by atoms with van der Waals surface area (Å²) in [5.41, 5.74) is 5.29. The van der Waals surface area contributed by atoms with E-state index >= 15 is 0 Å². The van der Waals surface area contributed by atoms with E-state index in [-0.39, 0.29) is 0 Å². The second-order valence-electron chi connectivity index (χ2n) is 3.97. The second-order valence-corrected chi connectivity index (χ2v) is 3.97. The second kappa shape index (κ2) is 6.55. The maximum absolute atomic E-state index is 4.60. The Labute approximate surface area is 104 Å². The van der Waals surface area contributed by atoms with Gasteiger partial charge >= 0.3 is 0 Å². The Morgan fingerprint density at radius 1 is 0.941 bits per heavy atom. The quantitative estimate of drug-likeness (QED) is 0.618. The summed E-state index contributed by atoms with van der Waals surface area (Å²) in [7, 11) is 0. The first-order valence-electron chi connectivity index (χ1n) is 5.69. The lowest BCUT2D eigenvalue weighted by atomic mass is 9.99. The van der Waals surface area contributed by atoms with E-state index in [2.05, 4.69) is 74.7 Å². The summed E-state index contributed by atoms with van der Waals surface area (Å²) >= 11 is 0. The molecule has 2 aromatic carbocycles. The summed E-state index contributed by atoms with van der Waals surface area (Å²) in [5.74, 6) is 2.25. The minimum atomic E-state index is 1.30. The first-order valence-corrected chi connectivity index (χ1v) is 5.69. The number of terminal acetylenes is 1. The molecule has 2 rings (SSSR count). The van der Waals surface area contributed by atoms with E-state index in [9.17, 15) is 0 Å². The van der Waals surface area contributed by atoms with Gasteiger partial charge in [0.2, 0.25) is 0 Å². The molecule has 0 aliphatic carbocycles. The molecule has 0 unspecified atom stereocenters. The standard InChI is InChI=1S/C14H14.C3H4/c1-11-8-9-12(2)14(10-11)13-6-4-3-5-7-13;1-3-2/h3-10H,1-2H3;1H,2H3. The van der Waals surface area contributed by atoms with Crippen molar-refractivity contribution in [2.45, 2.75) is 20.8 Å². The highest BCUT2D eigenvalue weighted by Crippen LogP contribution is 2.23. The largest absolute Gasteiger partial charge is 0.120 e. The smallest absolute Gasteiger partial charge is 0.00297 e. The van der Waals surface area contributed by atoms with Crippen LogP contribution in [0.3, 0.4) is 0 Å². The number of benzene rings is 2. The van der Waals surface area contributed by atoms with Crippen LogP contribution in [0, 0.1) is 26.2 Å². The van der Waals surface area contributed by atoms with Crippen LogP contribution in [0.4, 0.5) is 0 Å². The normalized spacial score (nSPS) is 8.82. The van der Waals surface area contributed by atoms with E-state index in [4.69, 9.17) is 0 Å². The van der Waals surface area contributed by atoms with Crippen LogP contribution in [0.15, 0.2) is 48.5 Å². The molecular formula is C17H18. The molecule has 0 aliphatic heterocycles. The zero-order chi connectivity index (χ0) is 12.7. The molecule has 0 saturated heterocycles. The lowest BCUT2D eigenvalue weighted by Gasteiger charge is -2.06. The Hall–Kier alpha value is -2.00. The van der Waals surface area contributed by atoms with Crippen LogP contribution >= 0.6 is 0 Å². The minimum absolute atomic E-state index is 1.30. The number of rotatable bonds is 1. The van der Waals surface area contributed by atoms with Crippen molar-refractivity contribution >= 4 is 0 Å². The van der Waals surface area contributed by atoms with E-state index < -0.39 is 0 Å². The SMILES string of the molecule is C#CC.Cc1ccc(C)c(-c2ccccc2)c1. The molecule has 86 valence electrons. The summed E-state index contributed by atoms with van der Waals surface area (Å²) in [6.07, 6.45) is 4.60. The maximum Gasteiger partial charge on any atom is -0.00297 e. The molecule has 2 aromatic rings. The Kier molecular flexibility index (Phi) is 5.04. The van der Waals surface area contributed by atoms with Gasteiger partial charge in [-0.3, -0.25) is 0 Å². The molecule has 0 nitrogen and oxygen atoms in total. The molecule has 0 radical (unpaired) electrons. The summed E-state index contributed by atoms with van der Waals surface area (Å²) in [4.78, 5) is 0. The Balaban J connectivity index is 0.000000437. The van der Waals surface area contributed by atoms with Gasteiger partial charge in [-0.1, -0.05) is 54.1 Å². The van der Waals surface area contributed by atoms with Crippen molar-refractivity contribution in [1.29, 1.82) is 0 Å². The van der Waals surface area contributed by atoms with Crippen LogP contribution in [0.1, 0.15) is 18.1 Å². The van der Waals surface area contributed by atoms with Gasteiger partial charge in [-0.15, -0.1) is 12.3 Å². The number of hydrogen-bond acceptors (Lipinski definition) is 0. The zero-order valence-electron chi connectivity index (χ0n) is 10.7. The third-order valence-corrected chi connectivity index (χ3v) is 2.48. The van der Waals surface area contributed by atoms with Gasteiger partial charge in [-0.2, -0.15) is 0 Å². The van der Waals surface area contributed by atoms with Crippen molar-refractivity contribution in [3.63, 3.8) is 0 Å². The maximum atomic E-state index is 4.60. The van der Waals surface area contributed by atoms with Crippen LogP contribution < -0.4 is 0 Å². The van der Waals surface area contributed by atoms with E-state index in [0.717, 1.165) is 0 Å². The van der Waals surface area contributed by atoms with E-state index in [0.29, 0.717) is 0 Å². The van der Waals surface area contributed by atoms with Crippen molar-refractivity contribution < 1.29 is 0 Å². The van der Waals surface area contributed by atoms with Crippen molar-refractivity contribution in [3.8, 4) is 23.5 Å². The van der Waals surface area contributed by atoms with Gasteiger partial charge in [0.05, 0.1) is 0 Å². The van der Waals surface area contributed by atoms with Crippen molar-refractivity contribution in [3.05, 3.63) is 59.7 Å². The van der Waals surface area contributed by atoms with Crippen molar-refractivity contribution in [2.75, 3.05) is 0 Å². The molecule has 0 atom stereocenters. The molecule has 0 spiro atoms. The molecule has 0 bridgehead atoms. The van der Waals surface area contributed by atoms with E-state index in [1.54, 1.807) is 6.92 Å². The predicted molar refractivity (Wildman–Crippen MR) is 75.9 cm³/mol. The first-order chi connectivity index (χ1) is 8.19. The van der Waals surface area contributed by atoms with E-state index in [1.165, 1.54) is 22.3 Å². The third kappa shape index (κ3) is 3.81. The van der Waals surface area contributed by atoms with Gasteiger partial charge in [-0.25, -0.2) is 0 Å². The van der Waals surface area contributed by atoms with Gasteiger partial charge in [0.15, 0.2) is 0 Å². The molecule has 0 saturated carbocycles. The summed E-state index contributed by atoms with van der Waals surface area (Å²) in [6, 6.07) is 17.1. The van der Waals surface area contributed by atoms with Crippen LogP contribution in [-0.2, 0) is 0 Å². The van der Waals surface area contributed by atoms with Crippen LogP contribution in [0.25, 0.3) is 11.1 Å². The third-order valence-electron chi connectivity index (χ3n) is 2.48. The molecule has 0 amide bonds. The van der Waals surface area contributed by atoms with Gasteiger partial charge in [-0.05, 0) is 37.5 Å². The lowest BCUT2D eigenvalue weighted by Crippen LogP contribution is -1.83. The van der Waals surface area contributed by atoms with E-state index in [1.807, 2.05) is 0 Å². The van der Waals surface area contributed by atoms with Crippen LogP contribution in [0.5, 0.6) is 0 Å². The highest BCUT2D eigenvalue weighted by molar-refractivity contribution is 5.67. The average Bonchev–Trinajstić information content (AvgIpc) is 2.34. The molecule has 0 aromatic heterocycles. The molecule has 0 fully saturated rings. The summed E-state index contributed by atoms with van der Waals surface area (Å²) < 4.78 is 0. The lowest BCUT2D eigenvalue weighted by molar-refractivity contribution is 1.39. The summed E-state index contributed by atoms with van der Waals surface area (Å²) in [5, 5.41) is 0. The number of hydrogen-bond donors (Lipinski definition) is 0. The topological polar surface area (TPSA) is 0 Å². The zero-order valence-corrected chi connectivity index (χ0v) is 10.7. The van der Waals surface area contributed by atoms with Gasteiger partial charge in [0.25, 0.3) is 0 Å². The highest BCUT2D eigenvalue weighted by atomic mass is 14.0. The average molecular weight is 222 g/mol. The highest BCUT2D eigenvalue weighted by Gasteiger charge is 2.00. The van der Waals surface area contributed by atoms with Crippen molar-refractivity contribution in [2.24, 2.45) is 0 Å². The fraction of sp³-hybridized carbons (Fsp3) is 0.176.